The molecule has 0 heterocycles. The molecular formula is C18H21F3N2O2S. The summed E-state index contributed by atoms with van der Waals surface area (Å²) in [4.78, 5) is 1.71. The second kappa shape index (κ2) is 8.20. The molecule has 0 aliphatic rings. The molecule has 0 fully saturated rings. The van der Waals surface area contributed by atoms with Crippen LogP contribution in [0.5, 0.6) is 0 Å². The van der Waals surface area contributed by atoms with Crippen molar-refractivity contribution >= 4 is 10.0 Å². The molecule has 4 nitrogen and oxygen atoms in total. The number of nitrogens with zero attached hydrogens (tertiary/aromatic N) is 1. The molecule has 0 aliphatic heterocycles. The summed E-state index contributed by atoms with van der Waals surface area (Å²) in [7, 11) is -0.193. The number of nitrogens with one attached hydrogen (secondary N) is 1. The number of alkyl halides is 3. The van der Waals surface area contributed by atoms with E-state index in [2.05, 4.69) is 4.72 Å². The van der Waals surface area contributed by atoms with Crippen LogP contribution in [-0.4, -0.2) is 40.0 Å². The Morgan fingerprint density at radius 2 is 1.58 bits per heavy atom. The van der Waals surface area contributed by atoms with Gasteiger partial charge in [-0.15, -0.1) is 0 Å². The quantitative estimate of drug-likeness (QED) is 0.795. The van der Waals surface area contributed by atoms with Gasteiger partial charge in [0.25, 0.3) is 0 Å². The lowest BCUT2D eigenvalue weighted by atomic mass is 10.1. The number of halogens is 3. The molecule has 0 aliphatic carbocycles. The van der Waals surface area contributed by atoms with Gasteiger partial charge in [-0.3, -0.25) is 0 Å². The van der Waals surface area contributed by atoms with Crippen LogP contribution in [0.4, 0.5) is 13.2 Å². The van der Waals surface area contributed by atoms with Crippen LogP contribution in [0.1, 0.15) is 11.1 Å². The molecule has 2 aromatic carbocycles. The smallest absolute Gasteiger partial charge is 0.305 e. The third-order valence-corrected chi connectivity index (χ3v) is 5.48. The average Bonchev–Trinajstić information content (AvgIpc) is 2.58. The minimum Gasteiger partial charge on any atom is -0.305 e. The molecule has 0 spiro atoms. The molecule has 0 saturated carbocycles. The van der Waals surface area contributed by atoms with Crippen LogP contribution in [-0.2, 0) is 22.6 Å². The molecular weight excluding hydrogens is 365 g/mol. The Morgan fingerprint density at radius 1 is 1.00 bits per heavy atom. The highest BCUT2D eigenvalue weighted by Gasteiger charge is 2.30. The maximum atomic E-state index is 12.6. The zero-order valence-electron chi connectivity index (χ0n) is 14.5. The Balaban J connectivity index is 2.07. The first-order valence-corrected chi connectivity index (χ1v) is 9.45. The van der Waals surface area contributed by atoms with Crippen LogP contribution < -0.4 is 4.72 Å². The van der Waals surface area contributed by atoms with E-state index in [-0.39, 0.29) is 17.5 Å². The highest BCUT2D eigenvalue weighted by molar-refractivity contribution is 7.89. The van der Waals surface area contributed by atoms with Gasteiger partial charge in [0.15, 0.2) is 0 Å². The lowest BCUT2D eigenvalue weighted by Crippen LogP contribution is -2.41. The van der Waals surface area contributed by atoms with Crippen molar-refractivity contribution in [1.82, 2.24) is 9.62 Å². The van der Waals surface area contributed by atoms with Crippen LogP contribution in [0.25, 0.3) is 0 Å². The van der Waals surface area contributed by atoms with Crippen LogP contribution in [0.2, 0.25) is 0 Å². The molecule has 2 aromatic rings. The monoisotopic (exact) mass is 386 g/mol. The van der Waals surface area contributed by atoms with Crippen LogP contribution in [0, 0.1) is 0 Å². The van der Waals surface area contributed by atoms with E-state index in [0.29, 0.717) is 6.42 Å². The third-order valence-electron chi connectivity index (χ3n) is 4.05. The van der Waals surface area contributed by atoms with Crippen molar-refractivity contribution in [3.05, 3.63) is 65.7 Å². The van der Waals surface area contributed by atoms with Gasteiger partial charge < -0.3 is 4.90 Å². The van der Waals surface area contributed by atoms with Crippen molar-refractivity contribution in [2.45, 2.75) is 23.5 Å². The van der Waals surface area contributed by atoms with Crippen LogP contribution >= 0.6 is 0 Å². The lowest BCUT2D eigenvalue weighted by molar-refractivity contribution is -0.137. The summed E-state index contributed by atoms with van der Waals surface area (Å²) in [5.74, 6) is 0. The Bertz CT molecular complexity index is 805. The van der Waals surface area contributed by atoms with E-state index < -0.39 is 21.8 Å². The molecule has 0 saturated heterocycles. The number of sulfonamides is 1. The van der Waals surface area contributed by atoms with Crippen molar-refractivity contribution in [1.29, 1.82) is 0 Å². The normalized spacial score (nSPS) is 13.8. The third kappa shape index (κ3) is 5.55. The van der Waals surface area contributed by atoms with Gasteiger partial charge in [0.1, 0.15) is 0 Å². The summed E-state index contributed by atoms with van der Waals surface area (Å²) in [6.07, 6.45) is -3.86. The average molecular weight is 386 g/mol. The fourth-order valence-corrected chi connectivity index (χ4v) is 3.51. The van der Waals surface area contributed by atoms with Gasteiger partial charge in [0.05, 0.1) is 10.5 Å². The first kappa shape index (κ1) is 20.4. The molecule has 0 aromatic heterocycles. The number of rotatable bonds is 7. The second-order valence-corrected chi connectivity index (χ2v) is 7.95. The SMILES string of the molecule is CN(C)[C@@H](CNS(=O)(=O)c1ccc(C(F)(F)F)cc1)Cc1ccccc1. The number of benzene rings is 2. The fraction of sp³-hybridized carbons (Fsp3) is 0.333. The predicted octanol–water partition coefficient (Wildman–Crippen LogP) is 3.16. The molecule has 142 valence electrons. The Hall–Kier alpha value is -1.90. The maximum Gasteiger partial charge on any atom is 0.416 e. The van der Waals surface area contributed by atoms with Crippen molar-refractivity contribution < 1.29 is 21.6 Å². The van der Waals surface area contributed by atoms with Gasteiger partial charge in [0.2, 0.25) is 10.0 Å². The Morgan fingerprint density at radius 3 is 2.08 bits per heavy atom. The van der Waals surface area contributed by atoms with E-state index in [0.717, 1.165) is 29.8 Å². The highest BCUT2D eigenvalue weighted by Crippen LogP contribution is 2.29. The van der Waals surface area contributed by atoms with E-state index in [1.807, 2.05) is 49.3 Å². The molecule has 0 bridgehead atoms. The zero-order chi connectivity index (χ0) is 19.4. The summed E-state index contributed by atoms with van der Waals surface area (Å²) in [5.41, 5.74) is 0.187. The van der Waals surface area contributed by atoms with Gasteiger partial charge in [-0.25, -0.2) is 13.1 Å². The highest BCUT2D eigenvalue weighted by atomic mass is 32.2. The van der Waals surface area contributed by atoms with Gasteiger partial charge in [-0.2, -0.15) is 13.2 Å². The molecule has 0 amide bonds. The van der Waals surface area contributed by atoms with Crippen molar-refractivity contribution in [2.75, 3.05) is 20.6 Å². The first-order valence-electron chi connectivity index (χ1n) is 7.97. The van der Waals surface area contributed by atoms with E-state index in [4.69, 9.17) is 0 Å². The van der Waals surface area contributed by atoms with Crippen LogP contribution in [0.3, 0.4) is 0 Å². The topological polar surface area (TPSA) is 49.4 Å². The predicted molar refractivity (Wildman–Crippen MR) is 94.3 cm³/mol. The van der Waals surface area contributed by atoms with Gasteiger partial charge in [-0.1, -0.05) is 30.3 Å². The molecule has 0 unspecified atom stereocenters. The largest absolute Gasteiger partial charge is 0.416 e. The van der Waals surface area contributed by atoms with Crippen molar-refractivity contribution in [2.24, 2.45) is 0 Å². The summed E-state index contributed by atoms with van der Waals surface area (Å²) < 4.78 is 65.0. The number of hydrogen-bond donors (Lipinski definition) is 1. The molecule has 2 rings (SSSR count). The summed E-state index contributed by atoms with van der Waals surface area (Å²) in [6.45, 7) is 0.144. The number of likely N-dealkylation sites (N-methyl/N-ethyl adjacent to an activating group) is 1. The summed E-state index contributed by atoms with van der Waals surface area (Å²) >= 11 is 0. The zero-order valence-corrected chi connectivity index (χ0v) is 15.3. The minimum absolute atomic E-state index is 0.0957. The molecule has 1 N–H and O–H groups in total. The van der Waals surface area contributed by atoms with Crippen LogP contribution in [0.15, 0.2) is 59.5 Å². The van der Waals surface area contributed by atoms with E-state index in [1.165, 1.54) is 0 Å². The van der Waals surface area contributed by atoms with Gasteiger partial charge >= 0.3 is 6.18 Å². The summed E-state index contributed by atoms with van der Waals surface area (Å²) in [6, 6.07) is 13.0. The van der Waals surface area contributed by atoms with E-state index >= 15 is 0 Å². The Labute approximate surface area is 151 Å². The second-order valence-electron chi connectivity index (χ2n) is 6.18. The fourth-order valence-electron chi connectivity index (χ4n) is 2.44. The lowest BCUT2D eigenvalue weighted by Gasteiger charge is -2.24. The van der Waals surface area contributed by atoms with Gasteiger partial charge in [0, 0.05) is 12.6 Å². The van der Waals surface area contributed by atoms with Gasteiger partial charge in [-0.05, 0) is 50.3 Å². The first-order chi connectivity index (χ1) is 12.1. The molecule has 26 heavy (non-hydrogen) atoms. The summed E-state index contributed by atoms with van der Waals surface area (Å²) in [5, 5.41) is 0. The minimum atomic E-state index is -4.50. The maximum absolute atomic E-state index is 12.6. The molecule has 1 atom stereocenters. The van der Waals surface area contributed by atoms with E-state index in [9.17, 15) is 21.6 Å². The van der Waals surface area contributed by atoms with Crippen molar-refractivity contribution in [3.63, 3.8) is 0 Å². The van der Waals surface area contributed by atoms with E-state index in [1.54, 1.807) is 0 Å². The van der Waals surface area contributed by atoms with Crippen molar-refractivity contribution in [3.8, 4) is 0 Å². The molecule has 8 heteroatoms. The Kier molecular flexibility index (Phi) is 6.44. The number of hydrogen-bond acceptors (Lipinski definition) is 3. The standard InChI is InChI=1S/C18H21F3N2O2S/c1-23(2)16(12-14-6-4-3-5-7-14)13-22-26(24,25)17-10-8-15(9-11-17)18(19,20)21/h3-11,16,22H,12-13H2,1-2H3/t16-/m1/s1. The molecule has 0 radical (unpaired) electrons.